The van der Waals surface area contributed by atoms with Gasteiger partial charge in [0.15, 0.2) is 11.5 Å². The van der Waals surface area contributed by atoms with E-state index >= 15 is 4.39 Å². The molecule has 0 radical (unpaired) electrons. The van der Waals surface area contributed by atoms with Gasteiger partial charge in [0.05, 0.1) is 36.9 Å². The Kier molecular flexibility index (Phi) is 8.70. The van der Waals surface area contributed by atoms with Gasteiger partial charge in [0.2, 0.25) is 5.88 Å². The molecule has 0 N–H and O–H groups in total. The van der Waals surface area contributed by atoms with E-state index in [0.717, 1.165) is 44.0 Å². The molecular weight excluding hydrogens is 568 g/mol. The first-order chi connectivity index (χ1) is 21.4. The van der Waals surface area contributed by atoms with Gasteiger partial charge in [0.1, 0.15) is 29.6 Å². The average Bonchev–Trinajstić information content (AvgIpc) is 3.36. The fraction of sp³-hybridized carbons (Fsp3) is 0.394. The topological polar surface area (TPSA) is 83.1 Å². The van der Waals surface area contributed by atoms with Crippen molar-refractivity contribution < 1.29 is 27.8 Å². The number of carbonyl (C=O) groups excluding carboxylic acids is 1. The number of rotatable bonds is 10. The van der Waals surface area contributed by atoms with Gasteiger partial charge in [0, 0.05) is 37.7 Å². The summed E-state index contributed by atoms with van der Waals surface area (Å²) in [6.07, 6.45) is 3.36. The molecule has 2 fully saturated rings. The van der Waals surface area contributed by atoms with Crippen molar-refractivity contribution in [3.05, 3.63) is 88.5 Å². The number of imidazole rings is 1. The number of fused-ring (bicyclic) bond motifs is 1. The lowest BCUT2D eigenvalue weighted by Gasteiger charge is -2.33. The average molecular weight is 602 g/mol. The zero-order chi connectivity index (χ0) is 30.6. The van der Waals surface area contributed by atoms with E-state index in [9.17, 15) is 9.18 Å². The summed E-state index contributed by atoms with van der Waals surface area (Å²) in [4.78, 5) is 27.3. The molecule has 2 aliphatic heterocycles. The Bertz CT molecular complexity index is 1710. The molecule has 11 heteroatoms. The van der Waals surface area contributed by atoms with Crippen LogP contribution in [0.2, 0.25) is 0 Å². The molecule has 6 rings (SSSR count). The Labute approximate surface area is 254 Å². The number of piperidine rings is 1. The van der Waals surface area contributed by atoms with Crippen LogP contribution in [0.25, 0.3) is 15.9 Å². The number of ether oxygens (including phenoxy) is 3. The number of hydrogen-bond donors (Lipinski definition) is 0. The minimum atomic E-state index is -0.682. The molecule has 2 aromatic carbocycles. The van der Waals surface area contributed by atoms with Crippen LogP contribution in [-0.4, -0.2) is 52.9 Å². The van der Waals surface area contributed by atoms with E-state index < -0.39 is 17.6 Å². The first-order valence-electron chi connectivity index (χ1n) is 14.9. The first-order valence-corrected chi connectivity index (χ1v) is 14.9. The van der Waals surface area contributed by atoms with Gasteiger partial charge in [-0.2, -0.15) is 4.98 Å². The summed E-state index contributed by atoms with van der Waals surface area (Å²) in [5.41, 5.74) is 1.36. The summed E-state index contributed by atoms with van der Waals surface area (Å²) in [6, 6.07) is 13.0. The van der Waals surface area contributed by atoms with E-state index in [2.05, 4.69) is 14.7 Å². The molecule has 0 spiro atoms. The summed E-state index contributed by atoms with van der Waals surface area (Å²) in [5, 5.41) is 0. The molecule has 228 valence electrons. The summed E-state index contributed by atoms with van der Waals surface area (Å²) in [7, 11) is 0. The number of anilines is 1. The highest BCUT2D eigenvalue weighted by Gasteiger charge is 2.28. The van der Waals surface area contributed by atoms with E-state index in [4.69, 9.17) is 25.8 Å². The van der Waals surface area contributed by atoms with E-state index in [1.165, 1.54) is 12.1 Å². The second-order valence-corrected chi connectivity index (χ2v) is 11.1. The summed E-state index contributed by atoms with van der Waals surface area (Å²) in [5.74, 6) is 0.537. The quantitative estimate of drug-likeness (QED) is 0.157. The van der Waals surface area contributed by atoms with Gasteiger partial charge in [-0.15, -0.1) is 0 Å². The number of pyridine rings is 1. The molecule has 44 heavy (non-hydrogen) atoms. The monoisotopic (exact) mass is 601 g/mol. The van der Waals surface area contributed by atoms with E-state index in [1.54, 1.807) is 31.2 Å². The van der Waals surface area contributed by atoms with Crippen LogP contribution in [0.15, 0.2) is 48.5 Å². The van der Waals surface area contributed by atoms with Crippen molar-refractivity contribution in [2.24, 2.45) is 5.92 Å². The van der Waals surface area contributed by atoms with Crippen molar-refractivity contribution >= 4 is 28.5 Å². The lowest BCUT2D eigenvalue weighted by molar-refractivity contribution is -0.0591. The van der Waals surface area contributed by atoms with Gasteiger partial charge in [-0.1, -0.05) is 18.2 Å². The number of nitrogens with zero attached hydrogens (tertiary/aromatic N) is 5. The molecule has 2 saturated heterocycles. The Balaban J connectivity index is 1.13. The predicted molar refractivity (Wildman–Crippen MR) is 160 cm³/mol. The van der Waals surface area contributed by atoms with Crippen molar-refractivity contribution in [2.45, 2.75) is 51.9 Å². The van der Waals surface area contributed by atoms with Crippen LogP contribution in [0, 0.1) is 24.1 Å². The minimum Gasteiger partial charge on any atom is -0.473 e. The maximum atomic E-state index is 15.7. The van der Waals surface area contributed by atoms with Crippen molar-refractivity contribution in [1.29, 1.82) is 0 Å². The molecule has 1 atom stereocenters. The van der Waals surface area contributed by atoms with Crippen LogP contribution in [0.5, 0.6) is 5.88 Å². The normalized spacial score (nSPS) is 16.9. The highest BCUT2D eigenvalue weighted by Crippen LogP contribution is 2.30. The van der Waals surface area contributed by atoms with Gasteiger partial charge in [0.25, 0.3) is 0 Å². The smallest absolute Gasteiger partial charge is 0.341 e. The third-order valence-electron chi connectivity index (χ3n) is 8.26. The number of esters is 1. The van der Waals surface area contributed by atoms with Crippen molar-refractivity contribution in [2.75, 3.05) is 31.2 Å². The maximum absolute atomic E-state index is 15.7. The summed E-state index contributed by atoms with van der Waals surface area (Å²) in [6.45, 7) is 11.6. The van der Waals surface area contributed by atoms with Crippen LogP contribution in [0.4, 0.5) is 20.3 Å². The fourth-order valence-electron chi connectivity index (χ4n) is 5.74. The Morgan fingerprint density at radius 2 is 1.93 bits per heavy atom. The predicted octanol–water partition coefficient (Wildman–Crippen LogP) is 6.26. The third-order valence-corrected chi connectivity index (χ3v) is 8.26. The van der Waals surface area contributed by atoms with Crippen LogP contribution >= 0.6 is 0 Å². The van der Waals surface area contributed by atoms with E-state index in [0.29, 0.717) is 48.0 Å². The minimum absolute atomic E-state index is 0.00572. The second-order valence-electron chi connectivity index (χ2n) is 11.1. The highest BCUT2D eigenvalue weighted by atomic mass is 19.1. The summed E-state index contributed by atoms with van der Waals surface area (Å²) >= 11 is 0. The third kappa shape index (κ3) is 6.21. The van der Waals surface area contributed by atoms with Crippen molar-refractivity contribution in [3.8, 4) is 5.88 Å². The Morgan fingerprint density at radius 1 is 1.11 bits per heavy atom. The zero-order valence-electron chi connectivity index (χ0n) is 24.5. The van der Waals surface area contributed by atoms with Crippen molar-refractivity contribution in [1.82, 2.24) is 14.5 Å². The molecule has 0 unspecified atom stereocenters. The highest BCUT2D eigenvalue weighted by molar-refractivity contribution is 5.94. The van der Waals surface area contributed by atoms with E-state index in [1.807, 2.05) is 16.7 Å². The molecule has 0 bridgehead atoms. The van der Waals surface area contributed by atoms with Crippen LogP contribution in [0.3, 0.4) is 0 Å². The molecular formula is C33H33F2N5O4. The van der Waals surface area contributed by atoms with Gasteiger partial charge in [-0.05, 0) is 56.4 Å². The Hall–Kier alpha value is -4.56. The molecule has 0 saturated carbocycles. The van der Waals surface area contributed by atoms with Gasteiger partial charge >= 0.3 is 5.97 Å². The Morgan fingerprint density at radius 3 is 2.64 bits per heavy atom. The zero-order valence-corrected chi connectivity index (χ0v) is 24.5. The maximum Gasteiger partial charge on any atom is 0.341 e. The fourth-order valence-corrected chi connectivity index (χ4v) is 5.74. The number of carbonyl (C=O) groups is 1. The second kappa shape index (κ2) is 13.0. The molecule has 4 heterocycles. The summed E-state index contributed by atoms with van der Waals surface area (Å²) < 4.78 is 48.4. The number of hydrogen-bond acceptors (Lipinski definition) is 7. The molecule has 0 aliphatic carbocycles. The van der Waals surface area contributed by atoms with Crippen LogP contribution in [-0.2, 0) is 29.0 Å². The first kappa shape index (κ1) is 29.5. The molecule has 2 aliphatic rings. The van der Waals surface area contributed by atoms with Crippen LogP contribution < -0.4 is 9.64 Å². The van der Waals surface area contributed by atoms with Crippen LogP contribution in [0.1, 0.15) is 47.9 Å². The van der Waals surface area contributed by atoms with Gasteiger partial charge in [-0.25, -0.2) is 23.4 Å². The molecule has 4 aromatic rings. The largest absolute Gasteiger partial charge is 0.473 e. The molecule has 9 nitrogen and oxygen atoms in total. The lowest BCUT2D eigenvalue weighted by Crippen LogP contribution is -2.35. The van der Waals surface area contributed by atoms with E-state index in [-0.39, 0.29) is 30.6 Å². The van der Waals surface area contributed by atoms with Crippen molar-refractivity contribution in [3.63, 3.8) is 0 Å². The van der Waals surface area contributed by atoms with Gasteiger partial charge in [-0.3, -0.25) is 0 Å². The number of halogens is 2. The lowest BCUT2D eigenvalue weighted by atomic mass is 9.93. The number of aromatic nitrogens is 3. The molecule has 2 aromatic heterocycles. The molecule has 0 amide bonds. The number of benzene rings is 2. The standard InChI is InChI=1S/C33H33F2N5O4/c1-3-42-33(41)25-9-10-27-32(31(25)35)40(19-24-13-16-43-24)29(37-27)17-21-11-14-39(15-12-21)28-5-4-6-30(38-28)44-20-22-7-8-23(36-2)18-26(22)34/h4-10,18,21,24H,3,11-17,19-20H2,1H3/t24-/m0/s1. The van der Waals surface area contributed by atoms with Gasteiger partial charge < -0.3 is 23.7 Å². The SMILES string of the molecule is [C-]#[N+]c1ccc(COc2cccc(N3CCC(Cc4nc5ccc(C(=O)OCC)c(F)c5n4C[C@@H]4CCO4)CC3)n2)c(F)c1.